The molecule has 0 unspecified atom stereocenters. The predicted molar refractivity (Wildman–Crippen MR) is 75.6 cm³/mol. The number of ether oxygens (including phenoxy) is 1. The van der Waals surface area contributed by atoms with Gasteiger partial charge in [-0.3, -0.25) is 4.79 Å². The molecule has 0 aliphatic carbocycles. The zero-order chi connectivity index (χ0) is 14.7. The molecular weight excluding hydrogens is 240 g/mol. The minimum Gasteiger partial charge on any atom is -0.466 e. The molecule has 0 bridgehead atoms. The number of benzene rings is 1. The second-order valence-electron chi connectivity index (χ2n) is 5.86. The summed E-state index contributed by atoms with van der Waals surface area (Å²) in [6, 6.07) is 9.32. The van der Waals surface area contributed by atoms with Gasteiger partial charge in [0.15, 0.2) is 0 Å². The van der Waals surface area contributed by atoms with Gasteiger partial charge in [-0.25, -0.2) is 0 Å². The Kier molecular flexibility index (Phi) is 4.75. The number of hydrogen-bond acceptors (Lipinski definition) is 3. The van der Waals surface area contributed by atoms with E-state index >= 15 is 0 Å². The molecule has 0 aliphatic rings. The molecule has 0 saturated carbocycles. The summed E-state index contributed by atoms with van der Waals surface area (Å²) >= 11 is 0. The SMILES string of the molecule is CCOC(=O)[C@H](C)[C@@](O)(c1ccccc1)C(C)(C)C. The molecule has 0 aliphatic heterocycles. The van der Waals surface area contributed by atoms with Crippen LogP contribution in [0.1, 0.15) is 40.2 Å². The van der Waals surface area contributed by atoms with Gasteiger partial charge in [0.2, 0.25) is 0 Å². The van der Waals surface area contributed by atoms with Gasteiger partial charge in [0.25, 0.3) is 0 Å². The van der Waals surface area contributed by atoms with Gasteiger partial charge < -0.3 is 9.84 Å². The second kappa shape index (κ2) is 5.74. The molecule has 106 valence electrons. The molecule has 3 heteroatoms. The number of carbonyl (C=O) groups is 1. The molecule has 0 saturated heterocycles. The van der Waals surface area contributed by atoms with Gasteiger partial charge in [-0.1, -0.05) is 51.1 Å². The van der Waals surface area contributed by atoms with Crippen LogP contribution >= 0.6 is 0 Å². The Hall–Kier alpha value is -1.35. The lowest BCUT2D eigenvalue weighted by molar-refractivity contribution is -0.170. The van der Waals surface area contributed by atoms with Crippen molar-refractivity contribution in [2.75, 3.05) is 6.61 Å². The minimum atomic E-state index is -1.26. The number of esters is 1. The molecule has 0 aromatic heterocycles. The summed E-state index contributed by atoms with van der Waals surface area (Å²) in [5, 5.41) is 11.2. The lowest BCUT2D eigenvalue weighted by Gasteiger charge is -2.44. The van der Waals surface area contributed by atoms with E-state index in [4.69, 9.17) is 4.74 Å². The highest BCUT2D eigenvalue weighted by Gasteiger charge is 2.49. The average molecular weight is 264 g/mol. The number of aliphatic hydroxyl groups is 1. The van der Waals surface area contributed by atoms with Crippen LogP contribution in [0.25, 0.3) is 0 Å². The normalized spacial score (nSPS) is 16.5. The van der Waals surface area contributed by atoms with E-state index in [1.54, 1.807) is 13.8 Å². The van der Waals surface area contributed by atoms with Crippen molar-refractivity contribution >= 4 is 5.97 Å². The van der Waals surface area contributed by atoms with E-state index in [0.29, 0.717) is 6.61 Å². The molecule has 0 amide bonds. The standard InChI is InChI=1S/C16H24O3/c1-6-19-14(17)12(2)16(18,15(3,4)5)13-10-8-7-9-11-13/h7-12,18H,6H2,1-5H3/t12-,16+/m0/s1. The van der Waals surface area contributed by atoms with Crippen LogP contribution in [0.2, 0.25) is 0 Å². The molecule has 1 rings (SSSR count). The Morgan fingerprint density at radius 2 is 1.79 bits per heavy atom. The van der Waals surface area contributed by atoms with Crippen LogP contribution in [0.4, 0.5) is 0 Å². The topological polar surface area (TPSA) is 46.5 Å². The molecule has 0 fully saturated rings. The Morgan fingerprint density at radius 3 is 2.21 bits per heavy atom. The van der Waals surface area contributed by atoms with E-state index in [1.165, 1.54) is 0 Å². The Morgan fingerprint density at radius 1 is 1.26 bits per heavy atom. The van der Waals surface area contributed by atoms with E-state index in [-0.39, 0.29) is 5.97 Å². The van der Waals surface area contributed by atoms with Crippen LogP contribution < -0.4 is 0 Å². The van der Waals surface area contributed by atoms with Gasteiger partial charge in [0, 0.05) is 0 Å². The fraction of sp³-hybridized carbons (Fsp3) is 0.562. The molecule has 19 heavy (non-hydrogen) atoms. The summed E-state index contributed by atoms with van der Waals surface area (Å²) in [6.07, 6.45) is 0. The Labute approximate surface area is 115 Å². The number of rotatable bonds is 4. The molecule has 3 nitrogen and oxygen atoms in total. The Balaban J connectivity index is 3.26. The summed E-state index contributed by atoms with van der Waals surface area (Å²) in [4.78, 5) is 12.0. The third-order valence-corrected chi connectivity index (χ3v) is 3.62. The largest absolute Gasteiger partial charge is 0.466 e. The molecular formula is C16H24O3. The van der Waals surface area contributed by atoms with Gasteiger partial charge >= 0.3 is 5.97 Å². The highest BCUT2D eigenvalue weighted by Crippen LogP contribution is 2.45. The fourth-order valence-corrected chi connectivity index (χ4v) is 2.46. The van der Waals surface area contributed by atoms with Gasteiger partial charge in [-0.2, -0.15) is 0 Å². The third kappa shape index (κ3) is 2.98. The summed E-state index contributed by atoms with van der Waals surface area (Å²) in [5.74, 6) is -1.00. The molecule has 1 aromatic rings. The summed E-state index contributed by atoms with van der Waals surface area (Å²) in [7, 11) is 0. The summed E-state index contributed by atoms with van der Waals surface area (Å²) < 4.78 is 5.07. The number of carbonyl (C=O) groups excluding carboxylic acids is 1. The molecule has 0 heterocycles. The van der Waals surface area contributed by atoms with Gasteiger partial charge in [-0.15, -0.1) is 0 Å². The first-order chi connectivity index (χ1) is 8.75. The van der Waals surface area contributed by atoms with E-state index < -0.39 is 16.9 Å². The van der Waals surface area contributed by atoms with E-state index in [1.807, 2.05) is 51.1 Å². The van der Waals surface area contributed by atoms with Gasteiger partial charge in [0.05, 0.1) is 12.5 Å². The van der Waals surface area contributed by atoms with Crippen molar-refractivity contribution in [1.29, 1.82) is 0 Å². The van der Waals surface area contributed by atoms with Crippen LogP contribution in [0.15, 0.2) is 30.3 Å². The van der Waals surface area contributed by atoms with Crippen molar-refractivity contribution in [2.24, 2.45) is 11.3 Å². The highest BCUT2D eigenvalue weighted by molar-refractivity contribution is 5.74. The molecule has 1 aromatic carbocycles. The lowest BCUT2D eigenvalue weighted by atomic mass is 9.65. The van der Waals surface area contributed by atoms with Crippen molar-refractivity contribution in [2.45, 2.75) is 40.2 Å². The van der Waals surface area contributed by atoms with E-state index in [2.05, 4.69) is 0 Å². The Bertz CT molecular complexity index is 419. The monoisotopic (exact) mass is 264 g/mol. The van der Waals surface area contributed by atoms with Gasteiger partial charge in [-0.05, 0) is 24.8 Å². The molecule has 2 atom stereocenters. The zero-order valence-corrected chi connectivity index (χ0v) is 12.4. The van der Waals surface area contributed by atoms with Crippen LogP contribution in [0, 0.1) is 11.3 Å². The first kappa shape index (κ1) is 15.7. The van der Waals surface area contributed by atoms with Gasteiger partial charge in [0.1, 0.15) is 5.60 Å². The molecule has 1 N–H and O–H groups in total. The van der Waals surface area contributed by atoms with E-state index in [0.717, 1.165) is 5.56 Å². The van der Waals surface area contributed by atoms with Crippen molar-refractivity contribution in [1.82, 2.24) is 0 Å². The quantitative estimate of drug-likeness (QED) is 0.850. The van der Waals surface area contributed by atoms with Crippen molar-refractivity contribution in [3.05, 3.63) is 35.9 Å². The number of hydrogen-bond donors (Lipinski definition) is 1. The maximum absolute atomic E-state index is 12.0. The van der Waals surface area contributed by atoms with Crippen LogP contribution in [-0.2, 0) is 15.1 Å². The zero-order valence-electron chi connectivity index (χ0n) is 12.4. The fourth-order valence-electron chi connectivity index (χ4n) is 2.46. The van der Waals surface area contributed by atoms with Crippen LogP contribution in [-0.4, -0.2) is 17.7 Å². The third-order valence-electron chi connectivity index (χ3n) is 3.62. The van der Waals surface area contributed by atoms with Crippen LogP contribution in [0.3, 0.4) is 0 Å². The second-order valence-corrected chi connectivity index (χ2v) is 5.86. The average Bonchev–Trinajstić information content (AvgIpc) is 2.37. The predicted octanol–water partition coefficient (Wildman–Crippen LogP) is 3.12. The first-order valence-electron chi connectivity index (χ1n) is 6.69. The van der Waals surface area contributed by atoms with Crippen LogP contribution in [0.5, 0.6) is 0 Å². The summed E-state index contributed by atoms with van der Waals surface area (Å²) in [6.45, 7) is 9.58. The lowest BCUT2D eigenvalue weighted by Crippen LogP contribution is -2.48. The molecule has 0 radical (unpaired) electrons. The maximum atomic E-state index is 12.0. The van der Waals surface area contributed by atoms with E-state index in [9.17, 15) is 9.90 Å². The summed E-state index contributed by atoms with van der Waals surface area (Å²) in [5.41, 5.74) is -1.01. The first-order valence-corrected chi connectivity index (χ1v) is 6.69. The molecule has 0 spiro atoms. The smallest absolute Gasteiger partial charge is 0.311 e. The van der Waals surface area contributed by atoms with Crippen molar-refractivity contribution < 1.29 is 14.6 Å². The highest BCUT2D eigenvalue weighted by atomic mass is 16.5. The minimum absolute atomic E-state index is 0.318. The van der Waals surface area contributed by atoms with Crippen molar-refractivity contribution in [3.8, 4) is 0 Å². The van der Waals surface area contributed by atoms with Crippen molar-refractivity contribution in [3.63, 3.8) is 0 Å². The maximum Gasteiger partial charge on any atom is 0.311 e.